The standard InChI is InChI=1S/C23H24ClN3O2/c24-21-9-2-1-8-20(21)22(27-12-14-29-15-13-27)17-25-23(28)18-6-5-7-19(16-18)26-10-3-4-11-26/h1-11,16,22H,12-15,17H2,(H,25,28). The molecule has 150 valence electrons. The third-order valence-corrected chi connectivity index (χ3v) is 5.56. The van der Waals surface area contributed by atoms with E-state index in [0.717, 1.165) is 24.3 Å². The lowest BCUT2D eigenvalue weighted by molar-refractivity contribution is 0.0162. The van der Waals surface area contributed by atoms with E-state index in [4.69, 9.17) is 16.3 Å². The van der Waals surface area contributed by atoms with E-state index in [-0.39, 0.29) is 11.9 Å². The summed E-state index contributed by atoms with van der Waals surface area (Å²) in [5, 5.41) is 3.82. The highest BCUT2D eigenvalue weighted by Crippen LogP contribution is 2.28. The molecule has 3 aromatic rings. The number of benzene rings is 2. The van der Waals surface area contributed by atoms with Crippen molar-refractivity contribution in [3.8, 4) is 5.69 Å². The minimum Gasteiger partial charge on any atom is -0.379 e. The van der Waals surface area contributed by atoms with Crippen LogP contribution in [0.15, 0.2) is 73.1 Å². The van der Waals surface area contributed by atoms with Gasteiger partial charge in [-0.05, 0) is 42.0 Å². The maximum Gasteiger partial charge on any atom is 0.251 e. The van der Waals surface area contributed by atoms with Crippen molar-refractivity contribution in [3.63, 3.8) is 0 Å². The summed E-state index contributed by atoms with van der Waals surface area (Å²) in [6.07, 6.45) is 3.92. The maximum atomic E-state index is 12.9. The first-order chi connectivity index (χ1) is 14.2. The second kappa shape index (κ2) is 9.27. The highest BCUT2D eigenvalue weighted by atomic mass is 35.5. The molecule has 29 heavy (non-hydrogen) atoms. The van der Waals surface area contributed by atoms with E-state index < -0.39 is 0 Å². The van der Waals surface area contributed by atoms with E-state index in [1.54, 1.807) is 0 Å². The second-order valence-corrected chi connectivity index (χ2v) is 7.44. The number of morpholine rings is 1. The molecular formula is C23H24ClN3O2. The number of amides is 1. The number of nitrogens with zero attached hydrogens (tertiary/aromatic N) is 2. The molecular weight excluding hydrogens is 386 g/mol. The summed E-state index contributed by atoms with van der Waals surface area (Å²) in [6.45, 7) is 3.49. The zero-order valence-electron chi connectivity index (χ0n) is 16.1. The number of carbonyl (C=O) groups excluding carboxylic acids is 1. The number of aromatic nitrogens is 1. The molecule has 1 aromatic heterocycles. The molecule has 0 saturated carbocycles. The molecule has 1 aliphatic rings. The van der Waals surface area contributed by atoms with E-state index in [1.807, 2.05) is 77.6 Å². The maximum absolute atomic E-state index is 12.9. The van der Waals surface area contributed by atoms with Crippen molar-refractivity contribution >= 4 is 17.5 Å². The Morgan fingerprint density at radius 3 is 2.55 bits per heavy atom. The fourth-order valence-corrected chi connectivity index (χ4v) is 3.94. The first-order valence-electron chi connectivity index (χ1n) is 9.80. The van der Waals surface area contributed by atoms with Gasteiger partial charge in [0.2, 0.25) is 0 Å². The van der Waals surface area contributed by atoms with E-state index in [9.17, 15) is 4.79 Å². The molecule has 0 spiro atoms. The predicted octanol–water partition coefficient (Wildman–Crippen LogP) is 3.93. The molecule has 1 saturated heterocycles. The number of hydrogen-bond acceptors (Lipinski definition) is 3. The van der Waals surface area contributed by atoms with Crippen molar-refractivity contribution in [1.29, 1.82) is 0 Å². The zero-order valence-corrected chi connectivity index (χ0v) is 16.9. The molecule has 5 nitrogen and oxygen atoms in total. The summed E-state index contributed by atoms with van der Waals surface area (Å²) in [5.41, 5.74) is 2.62. The Kier molecular flexibility index (Phi) is 6.30. The van der Waals surface area contributed by atoms with Crippen molar-refractivity contribution in [1.82, 2.24) is 14.8 Å². The number of halogens is 1. The average molecular weight is 410 g/mol. The summed E-state index contributed by atoms with van der Waals surface area (Å²) in [5.74, 6) is -0.0932. The molecule has 1 aliphatic heterocycles. The Hall–Kier alpha value is -2.60. The molecule has 4 rings (SSSR count). The minimum absolute atomic E-state index is 0.00387. The Bertz CT molecular complexity index is 952. The predicted molar refractivity (Wildman–Crippen MR) is 115 cm³/mol. The Labute approximate surface area is 175 Å². The van der Waals surface area contributed by atoms with Crippen LogP contribution in [-0.2, 0) is 4.74 Å². The first kappa shape index (κ1) is 19.7. The van der Waals surface area contributed by atoms with Crippen LogP contribution in [0.3, 0.4) is 0 Å². The topological polar surface area (TPSA) is 46.5 Å². The van der Waals surface area contributed by atoms with Gasteiger partial charge in [-0.25, -0.2) is 0 Å². The van der Waals surface area contributed by atoms with Crippen LogP contribution >= 0.6 is 11.6 Å². The van der Waals surface area contributed by atoms with Gasteiger partial charge in [0, 0.05) is 48.3 Å². The lowest BCUT2D eigenvalue weighted by Crippen LogP contribution is -2.44. The van der Waals surface area contributed by atoms with Crippen LogP contribution in [0.25, 0.3) is 5.69 Å². The average Bonchev–Trinajstić information content (AvgIpc) is 3.31. The number of rotatable bonds is 6. The summed E-state index contributed by atoms with van der Waals surface area (Å²) < 4.78 is 7.48. The quantitative estimate of drug-likeness (QED) is 0.670. The lowest BCUT2D eigenvalue weighted by atomic mass is 10.0. The van der Waals surface area contributed by atoms with Crippen molar-refractivity contribution in [2.45, 2.75) is 6.04 Å². The summed E-state index contributed by atoms with van der Waals surface area (Å²) >= 11 is 6.47. The normalized spacial score (nSPS) is 15.8. The van der Waals surface area contributed by atoms with E-state index in [1.165, 1.54) is 0 Å². The minimum atomic E-state index is -0.0932. The highest BCUT2D eigenvalue weighted by molar-refractivity contribution is 6.31. The number of nitrogens with one attached hydrogen (secondary N) is 1. The smallest absolute Gasteiger partial charge is 0.251 e. The van der Waals surface area contributed by atoms with Crippen LogP contribution in [0.5, 0.6) is 0 Å². The van der Waals surface area contributed by atoms with Gasteiger partial charge in [-0.1, -0.05) is 35.9 Å². The van der Waals surface area contributed by atoms with Crippen molar-refractivity contribution in [3.05, 3.63) is 89.2 Å². The van der Waals surface area contributed by atoms with E-state index in [2.05, 4.69) is 10.2 Å². The molecule has 0 aliphatic carbocycles. The van der Waals surface area contributed by atoms with Gasteiger partial charge in [-0.2, -0.15) is 0 Å². The van der Waals surface area contributed by atoms with Gasteiger partial charge in [-0.3, -0.25) is 9.69 Å². The highest BCUT2D eigenvalue weighted by Gasteiger charge is 2.25. The van der Waals surface area contributed by atoms with Gasteiger partial charge in [0.05, 0.1) is 19.3 Å². The molecule has 2 aromatic carbocycles. The second-order valence-electron chi connectivity index (χ2n) is 7.04. The molecule has 1 atom stereocenters. The van der Waals surface area contributed by atoms with Gasteiger partial charge in [-0.15, -0.1) is 0 Å². The lowest BCUT2D eigenvalue weighted by Gasteiger charge is -2.35. The molecule has 0 radical (unpaired) electrons. The largest absolute Gasteiger partial charge is 0.379 e. The van der Waals surface area contributed by atoms with E-state index >= 15 is 0 Å². The van der Waals surface area contributed by atoms with Crippen molar-refractivity contribution < 1.29 is 9.53 Å². The van der Waals surface area contributed by atoms with Gasteiger partial charge < -0.3 is 14.6 Å². The SMILES string of the molecule is O=C(NCC(c1ccccc1Cl)N1CCOCC1)c1cccc(-n2cccc2)c1. The fraction of sp³-hybridized carbons (Fsp3) is 0.261. The van der Waals surface area contributed by atoms with Crippen LogP contribution in [0, 0.1) is 0 Å². The molecule has 1 fully saturated rings. The molecule has 1 amide bonds. The van der Waals surface area contributed by atoms with Crippen LogP contribution in [0.4, 0.5) is 0 Å². The third kappa shape index (κ3) is 4.70. The molecule has 2 heterocycles. The van der Waals surface area contributed by atoms with Crippen LogP contribution in [-0.4, -0.2) is 48.2 Å². The Morgan fingerprint density at radius 2 is 1.79 bits per heavy atom. The van der Waals surface area contributed by atoms with Crippen molar-refractivity contribution in [2.75, 3.05) is 32.8 Å². The zero-order chi connectivity index (χ0) is 20.1. The van der Waals surface area contributed by atoms with Crippen LogP contribution < -0.4 is 5.32 Å². The fourth-order valence-electron chi connectivity index (χ4n) is 3.68. The Morgan fingerprint density at radius 1 is 1.03 bits per heavy atom. The van der Waals surface area contributed by atoms with Crippen LogP contribution in [0.1, 0.15) is 22.0 Å². The number of ether oxygens (including phenoxy) is 1. The molecule has 1 unspecified atom stereocenters. The third-order valence-electron chi connectivity index (χ3n) is 5.22. The van der Waals surface area contributed by atoms with Crippen LogP contribution in [0.2, 0.25) is 5.02 Å². The van der Waals surface area contributed by atoms with E-state index in [0.29, 0.717) is 30.3 Å². The van der Waals surface area contributed by atoms with Gasteiger partial charge in [0.1, 0.15) is 0 Å². The van der Waals surface area contributed by atoms with Gasteiger partial charge in [0.25, 0.3) is 5.91 Å². The molecule has 1 N–H and O–H groups in total. The number of hydrogen-bond donors (Lipinski definition) is 1. The Balaban J connectivity index is 1.50. The first-order valence-corrected chi connectivity index (χ1v) is 10.2. The monoisotopic (exact) mass is 409 g/mol. The number of carbonyl (C=O) groups is 1. The summed E-state index contributed by atoms with van der Waals surface area (Å²) in [7, 11) is 0. The van der Waals surface area contributed by atoms with Crippen molar-refractivity contribution in [2.24, 2.45) is 0 Å². The molecule has 6 heteroatoms. The summed E-state index contributed by atoms with van der Waals surface area (Å²) in [6, 6.07) is 19.4. The molecule has 0 bridgehead atoms. The van der Waals surface area contributed by atoms with Gasteiger partial charge in [0.15, 0.2) is 0 Å². The summed E-state index contributed by atoms with van der Waals surface area (Å²) in [4.78, 5) is 15.2. The van der Waals surface area contributed by atoms with Gasteiger partial charge >= 0.3 is 0 Å².